The molecule has 0 aliphatic heterocycles. The quantitative estimate of drug-likeness (QED) is 0.918. The molecule has 2 aromatic rings. The normalized spacial score (nSPS) is 10.6. The van der Waals surface area contributed by atoms with Crippen molar-refractivity contribution in [3.05, 3.63) is 39.3 Å². The van der Waals surface area contributed by atoms with E-state index in [1.165, 1.54) is 4.88 Å². The Morgan fingerprint density at radius 2 is 2.00 bits per heavy atom. The molecule has 0 amide bonds. The molecular weight excluding hydrogens is 272 g/mol. The summed E-state index contributed by atoms with van der Waals surface area (Å²) in [5.41, 5.74) is 7.75. The molecule has 0 bridgehead atoms. The fraction of sp³-hybridized carbons (Fsp3) is 0.182. The van der Waals surface area contributed by atoms with Crippen LogP contribution in [0.5, 0.6) is 0 Å². The molecule has 78 valence electrons. The number of nitrogens with zero attached hydrogens (tertiary/aromatic N) is 1. The molecule has 2 N–H and O–H groups in total. The first-order valence-corrected chi connectivity index (χ1v) is 6.24. The van der Waals surface area contributed by atoms with E-state index < -0.39 is 0 Å². The highest BCUT2D eigenvalue weighted by molar-refractivity contribution is 9.10. The highest BCUT2D eigenvalue weighted by Crippen LogP contribution is 2.28. The van der Waals surface area contributed by atoms with Gasteiger partial charge in [-0.25, -0.2) is 4.98 Å². The van der Waals surface area contributed by atoms with Crippen LogP contribution in [0.2, 0.25) is 0 Å². The van der Waals surface area contributed by atoms with Crippen molar-refractivity contribution in [2.24, 2.45) is 5.73 Å². The van der Waals surface area contributed by atoms with Crippen molar-refractivity contribution in [2.75, 3.05) is 0 Å². The number of rotatable bonds is 2. The van der Waals surface area contributed by atoms with Gasteiger partial charge in [-0.15, -0.1) is 11.3 Å². The predicted molar refractivity (Wildman–Crippen MR) is 67.9 cm³/mol. The van der Waals surface area contributed by atoms with Gasteiger partial charge >= 0.3 is 0 Å². The Morgan fingerprint density at radius 1 is 1.33 bits per heavy atom. The first kappa shape index (κ1) is 10.8. The van der Waals surface area contributed by atoms with Crippen molar-refractivity contribution in [2.45, 2.75) is 13.5 Å². The minimum atomic E-state index is 0.513. The van der Waals surface area contributed by atoms with E-state index in [-0.39, 0.29) is 0 Å². The predicted octanol–water partition coefficient (Wildman–Crippen LogP) is 3.34. The molecule has 0 saturated heterocycles. The zero-order valence-corrected chi connectivity index (χ0v) is 10.7. The lowest BCUT2D eigenvalue weighted by Crippen LogP contribution is -1.97. The van der Waals surface area contributed by atoms with Gasteiger partial charge in [0.1, 0.15) is 5.01 Å². The summed E-state index contributed by atoms with van der Waals surface area (Å²) in [7, 11) is 0. The number of aromatic nitrogens is 1. The van der Waals surface area contributed by atoms with Gasteiger partial charge in [0.15, 0.2) is 0 Å². The van der Waals surface area contributed by atoms with Crippen LogP contribution in [0.4, 0.5) is 0 Å². The molecule has 1 aromatic carbocycles. The highest BCUT2D eigenvalue weighted by atomic mass is 79.9. The molecule has 15 heavy (non-hydrogen) atoms. The molecule has 1 heterocycles. The van der Waals surface area contributed by atoms with Gasteiger partial charge < -0.3 is 5.73 Å². The number of hydrogen-bond donors (Lipinski definition) is 1. The smallest absolute Gasteiger partial charge is 0.123 e. The molecule has 2 nitrogen and oxygen atoms in total. The van der Waals surface area contributed by atoms with Gasteiger partial charge in [0, 0.05) is 21.5 Å². The van der Waals surface area contributed by atoms with Crippen LogP contribution in [0.15, 0.2) is 28.7 Å². The molecule has 0 atom stereocenters. The van der Waals surface area contributed by atoms with Crippen LogP contribution >= 0.6 is 27.3 Å². The Balaban J connectivity index is 2.41. The second-order valence-corrected chi connectivity index (χ2v) is 5.35. The molecule has 1 aromatic heterocycles. The van der Waals surface area contributed by atoms with Crippen LogP contribution in [0.25, 0.3) is 10.6 Å². The third-order valence-electron chi connectivity index (χ3n) is 2.18. The van der Waals surface area contributed by atoms with Crippen LogP contribution in [0, 0.1) is 6.92 Å². The van der Waals surface area contributed by atoms with Crippen LogP contribution in [-0.2, 0) is 6.54 Å². The number of nitrogens with two attached hydrogens (primary N) is 1. The van der Waals surface area contributed by atoms with E-state index in [0.29, 0.717) is 6.54 Å². The summed E-state index contributed by atoms with van der Waals surface area (Å²) >= 11 is 5.11. The van der Waals surface area contributed by atoms with Crippen molar-refractivity contribution in [3.63, 3.8) is 0 Å². The van der Waals surface area contributed by atoms with Gasteiger partial charge in [0.05, 0.1) is 5.69 Å². The molecule has 0 aliphatic rings. The SMILES string of the molecule is Cc1sc(-c2ccc(Br)cc2)nc1CN. The average molecular weight is 283 g/mol. The van der Waals surface area contributed by atoms with E-state index in [0.717, 1.165) is 20.7 Å². The lowest BCUT2D eigenvalue weighted by molar-refractivity contribution is 0.998. The third kappa shape index (κ3) is 2.27. The second kappa shape index (κ2) is 4.43. The lowest BCUT2D eigenvalue weighted by Gasteiger charge is -1.95. The maximum Gasteiger partial charge on any atom is 0.123 e. The fourth-order valence-corrected chi connectivity index (χ4v) is 2.54. The summed E-state index contributed by atoms with van der Waals surface area (Å²) in [6.07, 6.45) is 0. The lowest BCUT2D eigenvalue weighted by atomic mass is 10.2. The minimum Gasteiger partial charge on any atom is -0.325 e. The van der Waals surface area contributed by atoms with Crippen LogP contribution in [0.3, 0.4) is 0 Å². The van der Waals surface area contributed by atoms with Crippen molar-refractivity contribution in [3.8, 4) is 10.6 Å². The average Bonchev–Trinajstić information content (AvgIpc) is 2.61. The summed E-state index contributed by atoms with van der Waals surface area (Å²) in [6, 6.07) is 8.16. The standard InChI is InChI=1S/C11H11BrN2S/c1-7-10(6-13)14-11(15-7)8-2-4-9(12)5-3-8/h2-5H,6,13H2,1H3. The first-order valence-electron chi connectivity index (χ1n) is 4.63. The Bertz CT molecular complexity index is 462. The maximum atomic E-state index is 5.60. The largest absolute Gasteiger partial charge is 0.325 e. The Kier molecular flexibility index (Phi) is 3.19. The minimum absolute atomic E-state index is 0.513. The summed E-state index contributed by atoms with van der Waals surface area (Å²) < 4.78 is 1.08. The summed E-state index contributed by atoms with van der Waals surface area (Å²) in [6.45, 7) is 2.57. The van der Waals surface area contributed by atoms with Crippen LogP contribution in [0.1, 0.15) is 10.6 Å². The molecule has 4 heteroatoms. The molecule has 0 aliphatic carbocycles. The van der Waals surface area contributed by atoms with E-state index >= 15 is 0 Å². The number of hydrogen-bond acceptors (Lipinski definition) is 3. The number of benzene rings is 1. The topological polar surface area (TPSA) is 38.9 Å². The van der Waals surface area contributed by atoms with E-state index in [9.17, 15) is 0 Å². The van der Waals surface area contributed by atoms with Gasteiger partial charge in [0.2, 0.25) is 0 Å². The molecule has 0 spiro atoms. The van der Waals surface area contributed by atoms with Gasteiger partial charge in [-0.05, 0) is 19.1 Å². The van der Waals surface area contributed by atoms with Crippen molar-refractivity contribution >= 4 is 27.3 Å². The van der Waals surface area contributed by atoms with Gasteiger partial charge in [-0.3, -0.25) is 0 Å². The first-order chi connectivity index (χ1) is 7.20. The monoisotopic (exact) mass is 282 g/mol. The maximum absolute atomic E-state index is 5.60. The molecule has 0 fully saturated rings. The Morgan fingerprint density at radius 3 is 2.53 bits per heavy atom. The zero-order valence-electron chi connectivity index (χ0n) is 8.33. The number of halogens is 1. The molecule has 0 unspecified atom stereocenters. The van der Waals surface area contributed by atoms with E-state index in [2.05, 4.69) is 40.0 Å². The van der Waals surface area contributed by atoms with E-state index in [1.807, 2.05) is 12.1 Å². The van der Waals surface area contributed by atoms with Gasteiger partial charge in [-0.2, -0.15) is 0 Å². The molecular formula is C11H11BrN2S. The van der Waals surface area contributed by atoms with E-state index in [1.54, 1.807) is 11.3 Å². The van der Waals surface area contributed by atoms with Gasteiger partial charge in [-0.1, -0.05) is 28.1 Å². The van der Waals surface area contributed by atoms with Crippen molar-refractivity contribution < 1.29 is 0 Å². The summed E-state index contributed by atoms with van der Waals surface area (Å²) in [4.78, 5) is 5.71. The van der Waals surface area contributed by atoms with Crippen LogP contribution < -0.4 is 5.73 Å². The molecule has 0 saturated carbocycles. The second-order valence-electron chi connectivity index (χ2n) is 3.23. The van der Waals surface area contributed by atoms with Crippen molar-refractivity contribution in [1.82, 2.24) is 4.98 Å². The van der Waals surface area contributed by atoms with Gasteiger partial charge in [0.25, 0.3) is 0 Å². The number of aryl methyl sites for hydroxylation is 1. The number of thiazole rings is 1. The third-order valence-corrected chi connectivity index (χ3v) is 3.77. The summed E-state index contributed by atoms with van der Waals surface area (Å²) in [5.74, 6) is 0. The zero-order chi connectivity index (χ0) is 10.8. The summed E-state index contributed by atoms with van der Waals surface area (Å²) in [5, 5.41) is 1.04. The van der Waals surface area contributed by atoms with E-state index in [4.69, 9.17) is 5.73 Å². The highest BCUT2D eigenvalue weighted by Gasteiger charge is 2.07. The van der Waals surface area contributed by atoms with Crippen molar-refractivity contribution in [1.29, 1.82) is 0 Å². The molecule has 0 radical (unpaired) electrons. The van der Waals surface area contributed by atoms with Crippen LogP contribution in [-0.4, -0.2) is 4.98 Å². The Labute approximate surface area is 101 Å². The molecule has 2 rings (SSSR count). The Hall–Kier alpha value is -0.710. The fourth-order valence-electron chi connectivity index (χ4n) is 1.33.